The number of alkyl halides is 3. The standard InChI is InChI=1S/C16H17F3N2O3/c1-10(14-6-3-7-24-14)21-15(23)20-9-13(22)11-4-2-5-12(8-11)16(17,18)19/h2-8,10,13,22H,9H2,1H3,(H2,20,21,23). The number of amides is 2. The lowest BCUT2D eigenvalue weighted by atomic mass is 10.1. The summed E-state index contributed by atoms with van der Waals surface area (Å²) in [6, 6.07) is 6.78. The molecule has 0 spiro atoms. The molecule has 0 saturated heterocycles. The van der Waals surface area contributed by atoms with Gasteiger partial charge in [0.25, 0.3) is 0 Å². The molecule has 130 valence electrons. The molecule has 2 aromatic rings. The number of nitrogens with one attached hydrogen (secondary N) is 2. The predicted molar refractivity (Wildman–Crippen MR) is 80.1 cm³/mol. The van der Waals surface area contributed by atoms with E-state index >= 15 is 0 Å². The minimum absolute atomic E-state index is 0.0733. The van der Waals surface area contributed by atoms with Crippen molar-refractivity contribution in [2.24, 2.45) is 0 Å². The zero-order valence-electron chi connectivity index (χ0n) is 12.8. The molecule has 24 heavy (non-hydrogen) atoms. The van der Waals surface area contributed by atoms with Crippen molar-refractivity contribution in [3.8, 4) is 0 Å². The molecular formula is C16H17F3N2O3. The largest absolute Gasteiger partial charge is 0.467 e. The van der Waals surface area contributed by atoms with Crippen LogP contribution in [0.3, 0.4) is 0 Å². The molecule has 1 aromatic heterocycles. The fourth-order valence-corrected chi connectivity index (χ4v) is 2.09. The fourth-order valence-electron chi connectivity index (χ4n) is 2.09. The molecule has 1 aromatic carbocycles. The maximum Gasteiger partial charge on any atom is 0.416 e. The van der Waals surface area contributed by atoms with Crippen molar-refractivity contribution < 1.29 is 27.5 Å². The molecule has 0 fully saturated rings. The van der Waals surface area contributed by atoms with Crippen LogP contribution in [-0.4, -0.2) is 17.7 Å². The van der Waals surface area contributed by atoms with Crippen LogP contribution >= 0.6 is 0 Å². The normalized spacial score (nSPS) is 14.0. The van der Waals surface area contributed by atoms with Crippen molar-refractivity contribution in [3.05, 3.63) is 59.5 Å². The fraction of sp³-hybridized carbons (Fsp3) is 0.312. The van der Waals surface area contributed by atoms with Gasteiger partial charge in [-0.1, -0.05) is 12.1 Å². The quantitative estimate of drug-likeness (QED) is 0.780. The number of furan rings is 1. The van der Waals surface area contributed by atoms with E-state index in [1.807, 2.05) is 0 Å². The molecule has 2 rings (SSSR count). The van der Waals surface area contributed by atoms with Crippen molar-refractivity contribution in [1.82, 2.24) is 10.6 Å². The highest BCUT2D eigenvalue weighted by molar-refractivity contribution is 5.74. The van der Waals surface area contributed by atoms with Crippen molar-refractivity contribution in [2.75, 3.05) is 6.54 Å². The number of hydrogen-bond donors (Lipinski definition) is 3. The predicted octanol–water partition coefficient (Wildman–Crippen LogP) is 3.39. The third-order valence-electron chi connectivity index (χ3n) is 3.37. The Morgan fingerprint density at radius 3 is 2.67 bits per heavy atom. The van der Waals surface area contributed by atoms with Crippen molar-refractivity contribution >= 4 is 6.03 Å². The molecule has 0 radical (unpaired) electrons. The summed E-state index contributed by atoms with van der Waals surface area (Å²) < 4.78 is 43.1. The third kappa shape index (κ3) is 4.76. The topological polar surface area (TPSA) is 74.5 Å². The number of hydrogen-bond acceptors (Lipinski definition) is 3. The molecule has 3 N–H and O–H groups in total. The summed E-state index contributed by atoms with van der Waals surface area (Å²) in [5.41, 5.74) is -0.779. The number of aliphatic hydroxyl groups excluding tert-OH is 1. The first-order chi connectivity index (χ1) is 11.3. The SMILES string of the molecule is CC(NC(=O)NCC(O)c1cccc(C(F)(F)F)c1)c1ccco1. The summed E-state index contributed by atoms with van der Waals surface area (Å²) in [6.07, 6.45) is -4.26. The van der Waals surface area contributed by atoms with Gasteiger partial charge in [-0.15, -0.1) is 0 Å². The highest BCUT2D eigenvalue weighted by Gasteiger charge is 2.30. The summed E-state index contributed by atoms with van der Waals surface area (Å²) in [5, 5.41) is 14.9. The molecule has 5 nitrogen and oxygen atoms in total. The second-order valence-corrected chi connectivity index (χ2v) is 5.23. The highest BCUT2D eigenvalue weighted by Crippen LogP contribution is 2.30. The summed E-state index contributed by atoms with van der Waals surface area (Å²) in [7, 11) is 0. The number of benzene rings is 1. The molecule has 0 bridgehead atoms. The molecule has 0 aliphatic carbocycles. The molecule has 8 heteroatoms. The molecular weight excluding hydrogens is 325 g/mol. The molecule has 1 heterocycles. The van der Waals surface area contributed by atoms with Gasteiger partial charge >= 0.3 is 12.2 Å². The van der Waals surface area contributed by atoms with Gasteiger partial charge in [0.1, 0.15) is 5.76 Å². The Bertz CT molecular complexity index is 671. The smallest absolute Gasteiger partial charge is 0.416 e. The van der Waals surface area contributed by atoms with E-state index in [-0.39, 0.29) is 18.2 Å². The zero-order chi connectivity index (χ0) is 17.7. The Morgan fingerprint density at radius 1 is 1.29 bits per heavy atom. The minimum Gasteiger partial charge on any atom is -0.467 e. The number of rotatable bonds is 5. The van der Waals surface area contributed by atoms with E-state index in [2.05, 4.69) is 10.6 Å². The van der Waals surface area contributed by atoms with E-state index in [1.54, 1.807) is 19.1 Å². The molecule has 2 unspecified atom stereocenters. The summed E-state index contributed by atoms with van der Waals surface area (Å²) in [5.74, 6) is 0.559. The lowest BCUT2D eigenvalue weighted by Crippen LogP contribution is -2.39. The van der Waals surface area contributed by atoms with Gasteiger partial charge in [-0.05, 0) is 36.8 Å². The van der Waals surface area contributed by atoms with Crippen LogP contribution in [-0.2, 0) is 6.18 Å². The molecule has 2 atom stereocenters. The zero-order valence-corrected chi connectivity index (χ0v) is 12.8. The number of carbonyl (C=O) groups excluding carboxylic acids is 1. The van der Waals surface area contributed by atoms with E-state index in [1.165, 1.54) is 18.4 Å². The van der Waals surface area contributed by atoms with Crippen LogP contribution in [0.15, 0.2) is 47.1 Å². The monoisotopic (exact) mass is 342 g/mol. The van der Waals surface area contributed by atoms with Gasteiger partial charge in [0.05, 0.1) is 24.0 Å². The minimum atomic E-state index is -4.49. The van der Waals surface area contributed by atoms with Gasteiger partial charge in [0, 0.05) is 6.54 Å². The van der Waals surface area contributed by atoms with E-state index in [4.69, 9.17) is 4.42 Å². The Kier molecular flexibility index (Phi) is 5.50. The second-order valence-electron chi connectivity index (χ2n) is 5.23. The summed E-state index contributed by atoms with van der Waals surface area (Å²) >= 11 is 0. The molecule has 0 saturated carbocycles. The van der Waals surface area contributed by atoms with Crippen molar-refractivity contribution in [2.45, 2.75) is 25.2 Å². The van der Waals surface area contributed by atoms with Gasteiger partial charge in [0.2, 0.25) is 0 Å². The summed E-state index contributed by atoms with van der Waals surface area (Å²) in [4.78, 5) is 11.8. The first-order valence-corrected chi connectivity index (χ1v) is 7.20. The van der Waals surface area contributed by atoms with E-state index < -0.39 is 23.9 Å². The van der Waals surface area contributed by atoms with Gasteiger partial charge in [-0.2, -0.15) is 13.2 Å². The van der Waals surface area contributed by atoms with Gasteiger partial charge in [-0.3, -0.25) is 0 Å². The van der Waals surface area contributed by atoms with Crippen LogP contribution in [0.5, 0.6) is 0 Å². The summed E-state index contributed by atoms with van der Waals surface area (Å²) in [6.45, 7) is 1.49. The van der Waals surface area contributed by atoms with Crippen LogP contribution in [0.4, 0.5) is 18.0 Å². The Hall–Kier alpha value is -2.48. The second kappa shape index (κ2) is 7.39. The van der Waals surface area contributed by atoms with Crippen molar-refractivity contribution in [3.63, 3.8) is 0 Å². The third-order valence-corrected chi connectivity index (χ3v) is 3.37. The number of aliphatic hydroxyl groups is 1. The van der Waals surface area contributed by atoms with E-state index in [0.29, 0.717) is 5.76 Å². The molecule has 0 aliphatic rings. The van der Waals surface area contributed by atoms with Gasteiger partial charge in [-0.25, -0.2) is 4.79 Å². The Balaban J connectivity index is 1.88. The average molecular weight is 342 g/mol. The number of urea groups is 1. The van der Waals surface area contributed by atoms with Crippen LogP contribution in [0.2, 0.25) is 0 Å². The Morgan fingerprint density at radius 2 is 2.04 bits per heavy atom. The number of carbonyl (C=O) groups is 1. The maximum atomic E-state index is 12.7. The average Bonchev–Trinajstić information content (AvgIpc) is 3.06. The molecule has 2 amide bonds. The van der Waals surface area contributed by atoms with E-state index in [0.717, 1.165) is 12.1 Å². The first kappa shape index (κ1) is 17.9. The van der Waals surface area contributed by atoms with Gasteiger partial charge < -0.3 is 20.2 Å². The highest BCUT2D eigenvalue weighted by atomic mass is 19.4. The van der Waals surface area contributed by atoms with Crippen LogP contribution < -0.4 is 10.6 Å². The van der Waals surface area contributed by atoms with Crippen LogP contribution in [0.1, 0.15) is 36.0 Å². The number of halogens is 3. The Labute approximate surface area is 136 Å². The first-order valence-electron chi connectivity index (χ1n) is 7.20. The van der Waals surface area contributed by atoms with Crippen LogP contribution in [0, 0.1) is 0 Å². The maximum absolute atomic E-state index is 12.7. The van der Waals surface area contributed by atoms with E-state index in [9.17, 15) is 23.1 Å². The van der Waals surface area contributed by atoms with Gasteiger partial charge in [0.15, 0.2) is 0 Å². The molecule has 0 aliphatic heterocycles. The van der Waals surface area contributed by atoms with Crippen LogP contribution in [0.25, 0.3) is 0 Å². The van der Waals surface area contributed by atoms with Crippen molar-refractivity contribution in [1.29, 1.82) is 0 Å². The lowest BCUT2D eigenvalue weighted by Gasteiger charge is -2.16. The lowest BCUT2D eigenvalue weighted by molar-refractivity contribution is -0.137.